The number of nitrogens with one attached hydrogen (secondary N) is 2. The second kappa shape index (κ2) is 10.4. The zero-order valence-electron chi connectivity index (χ0n) is 16.0. The monoisotopic (exact) mass is 424 g/mol. The average molecular weight is 425 g/mol. The molecule has 2 amide bonds. The summed E-state index contributed by atoms with van der Waals surface area (Å²) >= 11 is 5.86. The van der Waals surface area contributed by atoms with E-state index in [0.29, 0.717) is 28.6 Å². The maximum Gasteiger partial charge on any atom is 0.255 e. The molecule has 3 N–H and O–H groups in total. The number of halogens is 1. The largest absolute Gasteiger partial charge is 0.457 e. The molecule has 0 heterocycles. The van der Waals surface area contributed by atoms with E-state index in [1.165, 1.54) is 0 Å². The van der Waals surface area contributed by atoms with E-state index < -0.39 is 17.7 Å². The van der Waals surface area contributed by atoms with Crippen molar-refractivity contribution in [3.8, 4) is 11.5 Å². The van der Waals surface area contributed by atoms with Crippen molar-refractivity contribution < 1.29 is 19.5 Å². The maximum atomic E-state index is 12.6. The molecule has 0 saturated carbocycles. The van der Waals surface area contributed by atoms with E-state index in [-0.39, 0.29) is 6.42 Å². The van der Waals surface area contributed by atoms with Gasteiger partial charge in [-0.05, 0) is 66.9 Å². The molecule has 0 bridgehead atoms. The van der Waals surface area contributed by atoms with Crippen LogP contribution in [-0.4, -0.2) is 17.0 Å². The van der Waals surface area contributed by atoms with Gasteiger partial charge in [0.25, 0.3) is 5.91 Å². The van der Waals surface area contributed by atoms with Gasteiger partial charge in [-0.3, -0.25) is 14.8 Å². The highest BCUT2D eigenvalue weighted by Gasteiger charge is 2.26. The number of carbonyl (C=O) groups excluding carboxylic acids is 2. The average Bonchev–Trinajstić information content (AvgIpc) is 2.77. The molecule has 3 rings (SSSR count). The van der Waals surface area contributed by atoms with Crippen molar-refractivity contribution in [3.05, 3.63) is 89.4 Å². The van der Waals surface area contributed by atoms with Crippen LogP contribution in [0.2, 0.25) is 5.02 Å². The number of aryl methyl sites for hydroxylation is 1. The van der Waals surface area contributed by atoms with Gasteiger partial charge < -0.3 is 10.1 Å². The van der Waals surface area contributed by atoms with Crippen molar-refractivity contribution in [1.82, 2.24) is 5.48 Å². The molecule has 7 heteroatoms. The molecule has 0 aliphatic carbocycles. The summed E-state index contributed by atoms with van der Waals surface area (Å²) in [5.41, 5.74) is 3.10. The van der Waals surface area contributed by atoms with E-state index in [0.717, 1.165) is 5.56 Å². The van der Waals surface area contributed by atoms with Crippen molar-refractivity contribution in [2.45, 2.75) is 12.8 Å². The van der Waals surface area contributed by atoms with Crippen LogP contribution in [0, 0.1) is 5.92 Å². The van der Waals surface area contributed by atoms with Gasteiger partial charge in [-0.25, -0.2) is 5.48 Å². The summed E-state index contributed by atoms with van der Waals surface area (Å²) in [5.74, 6) is -1.05. The minimum Gasteiger partial charge on any atom is -0.457 e. The number of rotatable bonds is 8. The van der Waals surface area contributed by atoms with Gasteiger partial charge in [0.1, 0.15) is 17.4 Å². The fraction of sp³-hybridized carbons (Fsp3) is 0.130. The van der Waals surface area contributed by atoms with Gasteiger partial charge in [0, 0.05) is 10.7 Å². The Bertz CT molecular complexity index is 976. The zero-order chi connectivity index (χ0) is 21.3. The molecular weight excluding hydrogens is 404 g/mol. The molecule has 3 aromatic carbocycles. The minimum atomic E-state index is -1.03. The molecule has 1 atom stereocenters. The third kappa shape index (κ3) is 6.07. The zero-order valence-corrected chi connectivity index (χ0v) is 16.8. The lowest BCUT2D eigenvalue weighted by atomic mass is 9.98. The van der Waals surface area contributed by atoms with E-state index in [1.807, 2.05) is 30.3 Å². The first kappa shape index (κ1) is 21.4. The summed E-state index contributed by atoms with van der Waals surface area (Å²) < 4.78 is 5.72. The van der Waals surface area contributed by atoms with Crippen LogP contribution in [0.15, 0.2) is 78.9 Å². The van der Waals surface area contributed by atoms with Crippen LogP contribution in [0.25, 0.3) is 0 Å². The predicted octanol–water partition coefficient (Wildman–Crippen LogP) is 4.83. The van der Waals surface area contributed by atoms with Gasteiger partial charge in [0.2, 0.25) is 5.91 Å². The van der Waals surface area contributed by atoms with Gasteiger partial charge in [-0.1, -0.05) is 41.9 Å². The summed E-state index contributed by atoms with van der Waals surface area (Å²) in [6, 6.07) is 23.2. The molecule has 154 valence electrons. The molecule has 1 unspecified atom stereocenters. The van der Waals surface area contributed by atoms with Gasteiger partial charge in [0.15, 0.2) is 0 Å². The number of ether oxygens (including phenoxy) is 1. The van der Waals surface area contributed by atoms with E-state index in [2.05, 4.69) is 5.32 Å². The van der Waals surface area contributed by atoms with Gasteiger partial charge >= 0.3 is 0 Å². The van der Waals surface area contributed by atoms with Crippen LogP contribution in [-0.2, 0) is 16.0 Å². The first-order valence-corrected chi connectivity index (χ1v) is 9.75. The Morgan fingerprint density at radius 3 is 2.07 bits per heavy atom. The van der Waals surface area contributed by atoms with Crippen LogP contribution >= 0.6 is 11.6 Å². The van der Waals surface area contributed by atoms with Crippen LogP contribution in [0.3, 0.4) is 0 Å². The number of carbonyl (C=O) groups is 2. The highest BCUT2D eigenvalue weighted by Crippen LogP contribution is 2.24. The molecule has 0 radical (unpaired) electrons. The third-order valence-electron chi connectivity index (χ3n) is 4.48. The Morgan fingerprint density at radius 2 is 1.47 bits per heavy atom. The van der Waals surface area contributed by atoms with Gasteiger partial charge in [-0.2, -0.15) is 0 Å². The fourth-order valence-electron chi connectivity index (χ4n) is 2.89. The van der Waals surface area contributed by atoms with Crippen LogP contribution in [0.4, 0.5) is 5.69 Å². The lowest BCUT2D eigenvalue weighted by Crippen LogP contribution is -2.37. The molecule has 0 fully saturated rings. The van der Waals surface area contributed by atoms with E-state index in [9.17, 15) is 9.59 Å². The Morgan fingerprint density at radius 1 is 0.867 bits per heavy atom. The first-order chi connectivity index (χ1) is 14.5. The molecule has 0 aromatic heterocycles. The Labute approximate surface area is 179 Å². The summed E-state index contributed by atoms with van der Waals surface area (Å²) in [4.78, 5) is 24.6. The first-order valence-electron chi connectivity index (χ1n) is 9.37. The van der Waals surface area contributed by atoms with Crippen molar-refractivity contribution in [3.63, 3.8) is 0 Å². The lowest BCUT2D eigenvalue weighted by Gasteiger charge is -2.15. The highest BCUT2D eigenvalue weighted by atomic mass is 35.5. The van der Waals surface area contributed by atoms with Crippen LogP contribution in [0.1, 0.15) is 12.0 Å². The predicted molar refractivity (Wildman–Crippen MR) is 115 cm³/mol. The fourth-order valence-corrected chi connectivity index (χ4v) is 3.02. The van der Waals surface area contributed by atoms with E-state index in [1.54, 1.807) is 54.0 Å². The quantitative estimate of drug-likeness (QED) is 0.274. The lowest BCUT2D eigenvalue weighted by molar-refractivity contribution is -0.138. The summed E-state index contributed by atoms with van der Waals surface area (Å²) in [6.45, 7) is 0. The Hall–Kier alpha value is -3.35. The van der Waals surface area contributed by atoms with Crippen molar-refractivity contribution >= 4 is 29.1 Å². The molecule has 6 nitrogen and oxygen atoms in total. The number of benzene rings is 3. The summed E-state index contributed by atoms with van der Waals surface area (Å²) in [7, 11) is 0. The maximum absolute atomic E-state index is 12.6. The van der Waals surface area contributed by atoms with Crippen molar-refractivity contribution in [2.24, 2.45) is 5.92 Å². The minimum absolute atomic E-state index is 0.264. The number of anilines is 1. The number of hydrogen-bond donors (Lipinski definition) is 3. The summed E-state index contributed by atoms with van der Waals surface area (Å²) in [5, 5.41) is 12.3. The number of hydroxylamine groups is 1. The van der Waals surface area contributed by atoms with Gasteiger partial charge in [-0.15, -0.1) is 0 Å². The number of hydrogen-bond acceptors (Lipinski definition) is 4. The molecular formula is C23H21ClN2O4. The second-order valence-corrected chi connectivity index (χ2v) is 7.06. The number of amides is 2. The topological polar surface area (TPSA) is 87.7 Å². The highest BCUT2D eigenvalue weighted by molar-refractivity contribution is 6.30. The van der Waals surface area contributed by atoms with E-state index in [4.69, 9.17) is 21.5 Å². The SMILES string of the molecule is O=C(NO)C(CCc1ccccc1)C(=O)Nc1ccc(Oc2ccc(Cl)cc2)cc1. The van der Waals surface area contributed by atoms with E-state index >= 15 is 0 Å². The van der Waals surface area contributed by atoms with Gasteiger partial charge in [0.05, 0.1) is 0 Å². The Kier molecular flexibility index (Phi) is 7.43. The smallest absolute Gasteiger partial charge is 0.255 e. The molecule has 0 aliphatic rings. The standard InChI is InChI=1S/C23H21ClN2O4/c24-17-7-11-19(12-8-17)30-20-13-9-18(10-14-20)25-22(27)21(23(28)26-29)15-6-16-4-2-1-3-5-16/h1-5,7-14,21,29H,6,15H2,(H,25,27)(H,26,28). The normalized spacial score (nSPS) is 11.4. The molecule has 3 aromatic rings. The molecule has 30 heavy (non-hydrogen) atoms. The summed E-state index contributed by atoms with van der Waals surface area (Å²) in [6.07, 6.45) is 0.792. The van der Waals surface area contributed by atoms with Crippen LogP contribution < -0.4 is 15.5 Å². The molecule has 0 aliphatic heterocycles. The third-order valence-corrected chi connectivity index (χ3v) is 4.73. The Balaban J connectivity index is 1.61. The molecule has 0 saturated heterocycles. The van der Waals surface area contributed by atoms with Crippen molar-refractivity contribution in [1.29, 1.82) is 0 Å². The second-order valence-electron chi connectivity index (χ2n) is 6.62. The van der Waals surface area contributed by atoms with Crippen LogP contribution in [0.5, 0.6) is 11.5 Å². The van der Waals surface area contributed by atoms with Crippen molar-refractivity contribution in [2.75, 3.05) is 5.32 Å². The molecule has 0 spiro atoms.